The van der Waals surface area contributed by atoms with E-state index in [1.54, 1.807) is 34.1 Å². The number of carboxylic acid groups (broad SMARTS) is 1. The number of hydrogen-bond donors (Lipinski definition) is 4. The van der Waals surface area contributed by atoms with E-state index >= 15 is 0 Å². The van der Waals surface area contributed by atoms with Gasteiger partial charge in [-0.05, 0) is 113 Å². The average Bonchev–Trinajstić information content (AvgIpc) is 3.44. The molecule has 0 spiro atoms. The molecular weight excluding hydrogens is 699 g/mol. The lowest BCUT2D eigenvalue weighted by atomic mass is 9.84. The SMILES string of the molecule is CCn1c(-c2cccnc2[C@H](C)OC)c(CC(C)(C)CO)c2cc(-c3cc(C)cc(C[C@H](NC(=O)OC(C)(C)C)C(=O)N4CCC[C@@H](C(=O)O)N4)c3)ccc21. The molecule has 0 aliphatic carbocycles. The molecule has 1 saturated heterocycles. The van der Waals surface area contributed by atoms with Gasteiger partial charge in [-0.25, -0.2) is 10.2 Å². The third kappa shape index (κ3) is 9.73. The molecular formula is C43H57N5O7. The van der Waals surface area contributed by atoms with E-state index in [-0.39, 0.29) is 19.1 Å². The zero-order chi connectivity index (χ0) is 40.2. The highest BCUT2D eigenvalue weighted by molar-refractivity contribution is 5.95. The molecule has 3 atom stereocenters. The first-order valence-corrected chi connectivity index (χ1v) is 19.1. The van der Waals surface area contributed by atoms with E-state index in [9.17, 15) is 24.6 Å². The minimum absolute atomic E-state index is 0.0155. The van der Waals surface area contributed by atoms with E-state index in [2.05, 4.69) is 66.4 Å². The molecule has 0 saturated carbocycles. The van der Waals surface area contributed by atoms with E-state index in [1.807, 2.05) is 32.0 Å². The van der Waals surface area contributed by atoms with Crippen LogP contribution in [0, 0.1) is 12.3 Å². The molecule has 2 aromatic heterocycles. The lowest BCUT2D eigenvalue weighted by Crippen LogP contribution is -2.60. The van der Waals surface area contributed by atoms with Gasteiger partial charge < -0.3 is 29.6 Å². The number of aromatic nitrogens is 2. The van der Waals surface area contributed by atoms with Crippen molar-refractivity contribution in [2.45, 2.75) is 111 Å². The Labute approximate surface area is 324 Å². The fourth-order valence-electron chi connectivity index (χ4n) is 7.35. The Morgan fingerprint density at radius 2 is 1.82 bits per heavy atom. The molecule has 0 bridgehead atoms. The number of aliphatic hydroxyl groups excluding tert-OH is 1. The Morgan fingerprint density at radius 1 is 1.07 bits per heavy atom. The molecule has 2 aromatic carbocycles. The number of benzene rings is 2. The number of aliphatic carboxylic acids is 1. The van der Waals surface area contributed by atoms with Crippen LogP contribution in [0.15, 0.2) is 54.7 Å². The van der Waals surface area contributed by atoms with Crippen LogP contribution in [0.25, 0.3) is 33.3 Å². The summed E-state index contributed by atoms with van der Waals surface area (Å²) in [5.74, 6) is -1.48. The summed E-state index contributed by atoms with van der Waals surface area (Å²) >= 11 is 0. The number of fused-ring (bicyclic) bond motifs is 1. The lowest BCUT2D eigenvalue weighted by molar-refractivity contribution is -0.147. The molecule has 1 aliphatic heterocycles. The minimum atomic E-state index is -1.04. The quantitative estimate of drug-likeness (QED) is 0.113. The first-order valence-electron chi connectivity index (χ1n) is 19.1. The molecule has 4 aromatic rings. The van der Waals surface area contributed by atoms with Crippen LogP contribution in [0.3, 0.4) is 0 Å². The van der Waals surface area contributed by atoms with E-state index in [1.165, 1.54) is 5.01 Å². The number of methoxy groups -OCH3 is 1. The smallest absolute Gasteiger partial charge is 0.408 e. The number of aliphatic hydroxyl groups is 1. The molecule has 0 unspecified atom stereocenters. The second kappa shape index (κ2) is 16.9. The molecule has 2 amide bonds. The van der Waals surface area contributed by atoms with Gasteiger partial charge in [-0.1, -0.05) is 43.7 Å². The van der Waals surface area contributed by atoms with Gasteiger partial charge in [-0.3, -0.25) is 19.6 Å². The summed E-state index contributed by atoms with van der Waals surface area (Å²) < 4.78 is 13.6. The second-order valence-electron chi connectivity index (χ2n) is 16.4. The van der Waals surface area contributed by atoms with Crippen molar-refractivity contribution in [3.8, 4) is 22.4 Å². The van der Waals surface area contributed by atoms with Crippen LogP contribution in [0.4, 0.5) is 4.79 Å². The van der Waals surface area contributed by atoms with Crippen LogP contribution in [0.2, 0.25) is 0 Å². The van der Waals surface area contributed by atoms with Gasteiger partial charge in [0.1, 0.15) is 17.7 Å². The number of amides is 2. The number of ether oxygens (including phenoxy) is 2. The Morgan fingerprint density at radius 3 is 2.47 bits per heavy atom. The van der Waals surface area contributed by atoms with Crippen LogP contribution >= 0.6 is 0 Å². The maximum Gasteiger partial charge on any atom is 0.408 e. The Balaban J connectivity index is 1.60. The fraction of sp³-hybridized carbons (Fsp3) is 0.488. The topological polar surface area (TPSA) is 155 Å². The van der Waals surface area contributed by atoms with Crippen LogP contribution in [-0.4, -0.2) is 80.7 Å². The zero-order valence-corrected chi connectivity index (χ0v) is 33.7. The van der Waals surface area contributed by atoms with E-state index < -0.39 is 41.1 Å². The number of alkyl carbamates (subject to hydrolysis) is 1. The lowest BCUT2D eigenvalue weighted by Gasteiger charge is -2.34. The van der Waals surface area contributed by atoms with Crippen molar-refractivity contribution in [3.05, 3.63) is 77.1 Å². The molecule has 12 nitrogen and oxygen atoms in total. The standard InChI is InChI=1S/C43H57N5O7/c1-10-47-36-16-15-29(23-32(36)33(24-43(7,8)25-49)38(47)31-13-11-17-44-37(31)27(3)54-9)30-20-26(2)19-28(21-30)22-35(45-41(53)55-42(4,5)6)39(50)48-18-12-14-34(46-48)40(51)52/h11,13,15-17,19-21,23,27,34-35,46,49H,10,12,14,18,22,24-25H2,1-9H3,(H,45,53)(H,51,52)/t27-,34-,35-/m0/s1. The zero-order valence-electron chi connectivity index (χ0n) is 33.7. The van der Waals surface area contributed by atoms with Crippen molar-refractivity contribution in [3.63, 3.8) is 0 Å². The highest BCUT2D eigenvalue weighted by atomic mass is 16.6. The summed E-state index contributed by atoms with van der Waals surface area (Å²) in [5.41, 5.74) is 10.4. The summed E-state index contributed by atoms with van der Waals surface area (Å²) in [5, 5.41) is 25.2. The summed E-state index contributed by atoms with van der Waals surface area (Å²) in [6, 6.07) is 14.7. The van der Waals surface area contributed by atoms with E-state index in [0.29, 0.717) is 32.4 Å². The molecule has 1 aliphatic rings. The molecule has 1 fully saturated rings. The maximum atomic E-state index is 14.0. The minimum Gasteiger partial charge on any atom is -0.480 e. The number of hydrazine groups is 1. The Hall–Kier alpha value is -4.78. The van der Waals surface area contributed by atoms with Gasteiger partial charge in [0.2, 0.25) is 0 Å². The van der Waals surface area contributed by atoms with Crippen molar-refractivity contribution in [1.29, 1.82) is 0 Å². The van der Waals surface area contributed by atoms with Crippen molar-refractivity contribution >= 4 is 28.9 Å². The van der Waals surface area contributed by atoms with Crippen molar-refractivity contribution < 1.29 is 34.1 Å². The van der Waals surface area contributed by atoms with Crippen molar-refractivity contribution in [1.82, 2.24) is 25.3 Å². The van der Waals surface area contributed by atoms with Gasteiger partial charge in [0, 0.05) is 55.9 Å². The number of pyridine rings is 1. The third-order valence-electron chi connectivity index (χ3n) is 10.0. The highest BCUT2D eigenvalue weighted by Gasteiger charge is 2.34. The largest absolute Gasteiger partial charge is 0.480 e. The van der Waals surface area contributed by atoms with Gasteiger partial charge in [-0.15, -0.1) is 0 Å². The van der Waals surface area contributed by atoms with Crippen molar-refractivity contribution in [2.75, 3.05) is 20.3 Å². The number of nitrogens with one attached hydrogen (secondary N) is 2. The van der Waals surface area contributed by atoms with Gasteiger partial charge >= 0.3 is 12.1 Å². The number of nitrogens with zero attached hydrogens (tertiary/aromatic N) is 3. The highest BCUT2D eigenvalue weighted by Crippen LogP contribution is 2.41. The number of carbonyl (C=O) groups is 3. The molecule has 296 valence electrons. The Kier molecular flexibility index (Phi) is 12.7. The van der Waals surface area contributed by atoms with Gasteiger partial charge in [-0.2, -0.15) is 0 Å². The summed E-state index contributed by atoms with van der Waals surface area (Å²) in [6.07, 6.45) is 2.50. The number of rotatable bonds is 13. The van der Waals surface area contributed by atoms with E-state index in [4.69, 9.17) is 14.5 Å². The predicted molar refractivity (Wildman–Crippen MR) is 213 cm³/mol. The Bertz CT molecular complexity index is 2030. The first-order chi connectivity index (χ1) is 25.9. The third-order valence-corrected chi connectivity index (χ3v) is 10.0. The van der Waals surface area contributed by atoms with Gasteiger partial charge in [0.15, 0.2) is 0 Å². The molecule has 5 rings (SSSR count). The number of aryl methyl sites for hydroxylation is 2. The normalized spacial score (nSPS) is 16.2. The van der Waals surface area contributed by atoms with E-state index in [0.717, 1.165) is 55.7 Å². The van der Waals surface area contributed by atoms with Crippen LogP contribution < -0.4 is 10.7 Å². The predicted octanol–water partition coefficient (Wildman–Crippen LogP) is 6.98. The molecule has 12 heteroatoms. The molecule has 3 heterocycles. The average molecular weight is 756 g/mol. The van der Waals surface area contributed by atoms with Gasteiger partial charge in [0.05, 0.1) is 17.5 Å². The van der Waals surface area contributed by atoms with Crippen molar-refractivity contribution in [2.24, 2.45) is 5.41 Å². The number of hydrogen-bond acceptors (Lipinski definition) is 8. The molecule has 0 radical (unpaired) electrons. The monoisotopic (exact) mass is 755 g/mol. The second-order valence-corrected chi connectivity index (χ2v) is 16.4. The first kappa shape index (κ1) is 41.4. The van der Waals surface area contributed by atoms with Crippen LogP contribution in [0.1, 0.15) is 89.8 Å². The summed E-state index contributed by atoms with van der Waals surface area (Å²) in [6.45, 7) is 16.5. The van der Waals surface area contributed by atoms with Gasteiger partial charge in [0.25, 0.3) is 5.91 Å². The summed E-state index contributed by atoms with van der Waals surface area (Å²) in [4.78, 5) is 43.5. The maximum absolute atomic E-state index is 14.0. The summed E-state index contributed by atoms with van der Waals surface area (Å²) in [7, 11) is 1.68. The number of carboxylic acids is 1. The number of carbonyl (C=O) groups excluding carboxylic acids is 2. The molecule has 4 N–H and O–H groups in total. The van der Waals surface area contributed by atoms with Crippen LogP contribution in [-0.2, 0) is 38.4 Å². The van der Waals surface area contributed by atoms with Crippen LogP contribution in [0.5, 0.6) is 0 Å². The molecule has 55 heavy (non-hydrogen) atoms. The fourth-order valence-corrected chi connectivity index (χ4v) is 7.35.